The van der Waals surface area contributed by atoms with Crippen molar-refractivity contribution in [1.29, 1.82) is 0 Å². The van der Waals surface area contributed by atoms with Gasteiger partial charge in [0.15, 0.2) is 9.84 Å². The standard InChI is InChI=1S/C19H25N3O3S3/c1-2-3-8-22(13-7-9-28(24,25)11-13)16(23)10-26-18-17-14-5-4-6-15(14)27-19(17)21-12-20-18/h12-13H,2-11H2,1H3/t13-/m1/s1. The minimum Gasteiger partial charge on any atom is -0.338 e. The Morgan fingerprint density at radius 2 is 2.21 bits per heavy atom. The number of fused-ring (bicyclic) bond motifs is 3. The highest BCUT2D eigenvalue weighted by molar-refractivity contribution is 8.00. The number of rotatable bonds is 7. The number of thioether (sulfide) groups is 1. The van der Waals surface area contributed by atoms with Gasteiger partial charge in [0.1, 0.15) is 16.2 Å². The van der Waals surface area contributed by atoms with Crippen molar-refractivity contribution in [2.45, 2.75) is 56.5 Å². The molecule has 1 atom stereocenters. The Balaban J connectivity index is 1.50. The number of thiophene rings is 1. The number of aromatic nitrogens is 2. The molecular weight excluding hydrogens is 414 g/mol. The molecule has 0 bridgehead atoms. The van der Waals surface area contributed by atoms with Crippen LogP contribution in [0.15, 0.2) is 11.4 Å². The number of aryl methyl sites for hydroxylation is 2. The van der Waals surface area contributed by atoms with Gasteiger partial charge in [0, 0.05) is 22.8 Å². The highest BCUT2D eigenvalue weighted by Crippen LogP contribution is 2.40. The van der Waals surface area contributed by atoms with E-state index in [4.69, 9.17) is 0 Å². The normalized spacial score (nSPS) is 20.5. The summed E-state index contributed by atoms with van der Waals surface area (Å²) >= 11 is 3.21. The molecule has 2 aromatic rings. The lowest BCUT2D eigenvalue weighted by molar-refractivity contribution is -0.130. The lowest BCUT2D eigenvalue weighted by atomic mass is 10.2. The average molecular weight is 440 g/mol. The van der Waals surface area contributed by atoms with Crippen molar-refractivity contribution in [2.24, 2.45) is 0 Å². The zero-order valence-electron chi connectivity index (χ0n) is 16.0. The third kappa shape index (κ3) is 4.07. The van der Waals surface area contributed by atoms with Gasteiger partial charge < -0.3 is 4.90 Å². The van der Waals surface area contributed by atoms with Gasteiger partial charge in [-0.3, -0.25) is 4.79 Å². The molecule has 0 saturated carbocycles. The second kappa shape index (κ2) is 8.28. The fourth-order valence-corrected chi connectivity index (χ4v) is 8.02. The molecule has 1 amide bonds. The molecule has 9 heteroatoms. The molecule has 3 heterocycles. The largest absolute Gasteiger partial charge is 0.338 e. The molecule has 2 aromatic heterocycles. The van der Waals surface area contributed by atoms with E-state index < -0.39 is 9.84 Å². The van der Waals surface area contributed by atoms with E-state index in [0.29, 0.717) is 13.0 Å². The van der Waals surface area contributed by atoms with Crippen LogP contribution in [0.1, 0.15) is 43.0 Å². The van der Waals surface area contributed by atoms with E-state index in [1.807, 2.05) is 0 Å². The Hall–Kier alpha value is -1.19. The molecule has 28 heavy (non-hydrogen) atoms. The van der Waals surface area contributed by atoms with Gasteiger partial charge in [-0.25, -0.2) is 18.4 Å². The summed E-state index contributed by atoms with van der Waals surface area (Å²) in [7, 11) is -3.01. The van der Waals surface area contributed by atoms with Crippen LogP contribution in [0, 0.1) is 0 Å². The van der Waals surface area contributed by atoms with Crippen LogP contribution in [0.25, 0.3) is 10.2 Å². The molecular formula is C19H25N3O3S3. The number of carbonyl (C=O) groups is 1. The fraction of sp³-hybridized carbons (Fsp3) is 0.632. The van der Waals surface area contributed by atoms with Crippen molar-refractivity contribution < 1.29 is 13.2 Å². The van der Waals surface area contributed by atoms with Crippen molar-refractivity contribution in [2.75, 3.05) is 23.8 Å². The molecule has 152 valence electrons. The summed E-state index contributed by atoms with van der Waals surface area (Å²) in [6, 6.07) is -0.180. The molecule has 0 N–H and O–H groups in total. The maximum atomic E-state index is 13.0. The van der Waals surface area contributed by atoms with Gasteiger partial charge in [-0.15, -0.1) is 11.3 Å². The lowest BCUT2D eigenvalue weighted by Crippen LogP contribution is -2.42. The van der Waals surface area contributed by atoms with Gasteiger partial charge in [0.05, 0.1) is 17.3 Å². The fourth-order valence-electron chi connectivity index (χ4n) is 4.08. The first-order valence-electron chi connectivity index (χ1n) is 9.86. The Labute approximate surface area is 174 Å². The van der Waals surface area contributed by atoms with Gasteiger partial charge >= 0.3 is 0 Å². The van der Waals surface area contributed by atoms with Gasteiger partial charge in [0.25, 0.3) is 0 Å². The van der Waals surface area contributed by atoms with Crippen molar-refractivity contribution in [3.05, 3.63) is 16.8 Å². The second-order valence-corrected chi connectivity index (χ2v) is 11.8. The molecule has 0 radical (unpaired) electrons. The Kier molecular flexibility index (Phi) is 5.94. The summed E-state index contributed by atoms with van der Waals surface area (Å²) in [6.07, 6.45) is 7.35. The molecule has 1 saturated heterocycles. The van der Waals surface area contributed by atoms with E-state index in [1.54, 1.807) is 22.6 Å². The summed E-state index contributed by atoms with van der Waals surface area (Å²) in [4.78, 5) is 26.1. The Morgan fingerprint density at radius 3 is 2.96 bits per heavy atom. The van der Waals surface area contributed by atoms with Crippen LogP contribution >= 0.6 is 23.1 Å². The quantitative estimate of drug-likeness (QED) is 0.487. The number of unbranched alkanes of at least 4 members (excludes halogenated alkanes) is 1. The van der Waals surface area contributed by atoms with Crippen molar-refractivity contribution in [3.8, 4) is 0 Å². The summed E-state index contributed by atoms with van der Waals surface area (Å²) in [6.45, 7) is 2.71. The van der Waals surface area contributed by atoms with E-state index in [-0.39, 0.29) is 29.2 Å². The van der Waals surface area contributed by atoms with Crippen LogP contribution in [0.2, 0.25) is 0 Å². The van der Waals surface area contributed by atoms with Crippen LogP contribution in [-0.4, -0.2) is 59.0 Å². The van der Waals surface area contributed by atoms with Gasteiger partial charge in [0.2, 0.25) is 5.91 Å². The van der Waals surface area contributed by atoms with Crippen LogP contribution in [0.5, 0.6) is 0 Å². The molecule has 0 unspecified atom stereocenters. The minimum absolute atomic E-state index is 0.0131. The zero-order valence-corrected chi connectivity index (χ0v) is 18.5. The monoisotopic (exact) mass is 439 g/mol. The SMILES string of the molecule is CCCCN(C(=O)CSc1ncnc2sc3c(c12)CCC3)[C@@H]1CCS(=O)(=O)C1. The third-order valence-corrected chi connectivity index (χ3v) is 9.45. The predicted octanol–water partition coefficient (Wildman–Crippen LogP) is 3.09. The first kappa shape index (κ1) is 20.1. The third-order valence-electron chi connectivity index (χ3n) is 5.52. The van der Waals surface area contributed by atoms with Crippen LogP contribution in [-0.2, 0) is 27.5 Å². The Bertz CT molecular complexity index is 987. The summed E-state index contributed by atoms with van der Waals surface area (Å²) < 4.78 is 23.8. The topological polar surface area (TPSA) is 80.2 Å². The maximum Gasteiger partial charge on any atom is 0.233 e. The summed E-state index contributed by atoms with van der Waals surface area (Å²) in [5, 5.41) is 2.01. The molecule has 1 aliphatic carbocycles. The first-order chi connectivity index (χ1) is 13.5. The van der Waals surface area contributed by atoms with Gasteiger partial charge in [-0.1, -0.05) is 25.1 Å². The number of amides is 1. The van der Waals surface area contributed by atoms with Gasteiger partial charge in [-0.2, -0.15) is 0 Å². The van der Waals surface area contributed by atoms with Crippen molar-refractivity contribution >= 4 is 49.1 Å². The van der Waals surface area contributed by atoms with E-state index in [2.05, 4.69) is 16.9 Å². The van der Waals surface area contributed by atoms with E-state index in [0.717, 1.165) is 40.9 Å². The number of sulfone groups is 1. The lowest BCUT2D eigenvalue weighted by Gasteiger charge is -2.28. The van der Waals surface area contributed by atoms with E-state index in [9.17, 15) is 13.2 Å². The number of hydrogen-bond donors (Lipinski definition) is 0. The molecule has 2 aliphatic rings. The molecule has 0 aromatic carbocycles. The van der Waals surface area contributed by atoms with Crippen molar-refractivity contribution in [1.82, 2.24) is 14.9 Å². The number of hydrogen-bond acceptors (Lipinski definition) is 7. The summed E-state index contributed by atoms with van der Waals surface area (Å²) in [5.41, 5.74) is 1.36. The average Bonchev–Trinajstić information content (AvgIpc) is 3.34. The number of nitrogens with zero attached hydrogens (tertiary/aromatic N) is 3. The molecule has 0 spiro atoms. The molecule has 1 fully saturated rings. The van der Waals surface area contributed by atoms with Crippen LogP contribution < -0.4 is 0 Å². The van der Waals surface area contributed by atoms with Crippen molar-refractivity contribution in [3.63, 3.8) is 0 Å². The predicted molar refractivity (Wildman–Crippen MR) is 114 cm³/mol. The summed E-state index contributed by atoms with van der Waals surface area (Å²) in [5.74, 6) is 0.591. The number of carbonyl (C=O) groups excluding carboxylic acids is 1. The second-order valence-electron chi connectivity index (χ2n) is 7.50. The minimum atomic E-state index is -3.01. The van der Waals surface area contributed by atoms with Crippen LogP contribution in [0.4, 0.5) is 0 Å². The molecule has 1 aliphatic heterocycles. The Morgan fingerprint density at radius 1 is 1.36 bits per heavy atom. The highest BCUT2D eigenvalue weighted by atomic mass is 32.2. The van der Waals surface area contributed by atoms with Gasteiger partial charge in [-0.05, 0) is 37.7 Å². The zero-order chi connectivity index (χ0) is 19.7. The van der Waals surface area contributed by atoms with E-state index in [1.165, 1.54) is 28.6 Å². The van der Waals surface area contributed by atoms with Crippen LogP contribution in [0.3, 0.4) is 0 Å². The smallest absolute Gasteiger partial charge is 0.233 e. The maximum absolute atomic E-state index is 13.0. The first-order valence-corrected chi connectivity index (χ1v) is 13.5. The molecule has 6 nitrogen and oxygen atoms in total. The highest BCUT2D eigenvalue weighted by Gasteiger charge is 2.34. The van der Waals surface area contributed by atoms with E-state index >= 15 is 0 Å². The molecule has 4 rings (SSSR count).